The van der Waals surface area contributed by atoms with Crippen LogP contribution in [-0.2, 0) is 10.0 Å². The minimum absolute atomic E-state index is 0.170. The third kappa shape index (κ3) is 2.97. The van der Waals surface area contributed by atoms with E-state index in [-0.39, 0.29) is 10.9 Å². The molecule has 3 aromatic rings. The number of fused-ring (bicyclic) bond motifs is 2. The van der Waals surface area contributed by atoms with Crippen LogP contribution in [0.3, 0.4) is 0 Å². The van der Waals surface area contributed by atoms with E-state index >= 15 is 0 Å². The van der Waals surface area contributed by atoms with Crippen molar-refractivity contribution in [1.29, 1.82) is 0 Å². The standard InChI is InChI=1S/C18H15ClN2O3S/c19-14-7-8-17(13-5-3-10-20-18(13)14)25(22,23)21-15-9-11-24-16-6-2-1-4-12(15)16/h1-8,10,15,21H,9,11H2. The van der Waals surface area contributed by atoms with E-state index < -0.39 is 10.0 Å². The first-order valence-corrected chi connectivity index (χ1v) is 9.70. The van der Waals surface area contributed by atoms with Crippen LogP contribution in [0.1, 0.15) is 18.0 Å². The van der Waals surface area contributed by atoms with E-state index in [2.05, 4.69) is 9.71 Å². The molecule has 25 heavy (non-hydrogen) atoms. The lowest BCUT2D eigenvalue weighted by Gasteiger charge is -2.26. The Labute approximate surface area is 150 Å². The maximum absolute atomic E-state index is 13.0. The zero-order valence-electron chi connectivity index (χ0n) is 13.1. The monoisotopic (exact) mass is 374 g/mol. The molecule has 1 unspecified atom stereocenters. The van der Waals surface area contributed by atoms with Gasteiger partial charge in [-0.25, -0.2) is 13.1 Å². The van der Waals surface area contributed by atoms with E-state index in [0.717, 1.165) is 5.56 Å². The van der Waals surface area contributed by atoms with Gasteiger partial charge in [0.05, 0.1) is 28.1 Å². The van der Waals surface area contributed by atoms with Crippen molar-refractivity contribution in [3.8, 4) is 5.75 Å². The van der Waals surface area contributed by atoms with Gasteiger partial charge >= 0.3 is 0 Å². The normalized spacial score (nSPS) is 17.1. The number of nitrogens with one attached hydrogen (secondary N) is 1. The van der Waals surface area contributed by atoms with Crippen molar-refractivity contribution in [2.75, 3.05) is 6.61 Å². The van der Waals surface area contributed by atoms with E-state index in [4.69, 9.17) is 16.3 Å². The molecule has 0 radical (unpaired) electrons. The number of hydrogen-bond acceptors (Lipinski definition) is 4. The molecule has 5 nitrogen and oxygen atoms in total. The Bertz CT molecular complexity index is 1050. The van der Waals surface area contributed by atoms with Gasteiger partial charge in [-0.05, 0) is 30.3 Å². The second kappa shape index (κ2) is 6.29. The third-order valence-electron chi connectivity index (χ3n) is 4.23. The van der Waals surface area contributed by atoms with Crippen molar-refractivity contribution in [2.45, 2.75) is 17.4 Å². The second-order valence-electron chi connectivity index (χ2n) is 5.79. The molecule has 0 fully saturated rings. The van der Waals surface area contributed by atoms with Gasteiger partial charge in [0.1, 0.15) is 5.75 Å². The summed E-state index contributed by atoms with van der Waals surface area (Å²) >= 11 is 6.14. The molecule has 2 heterocycles. The van der Waals surface area contributed by atoms with Crippen LogP contribution in [-0.4, -0.2) is 20.0 Å². The average molecular weight is 375 g/mol. The molecule has 1 atom stereocenters. The Hall–Kier alpha value is -2.15. The van der Waals surface area contributed by atoms with Crippen LogP contribution < -0.4 is 9.46 Å². The lowest BCUT2D eigenvalue weighted by Crippen LogP contribution is -2.32. The van der Waals surface area contributed by atoms with E-state index in [1.807, 2.05) is 24.3 Å². The number of para-hydroxylation sites is 1. The highest BCUT2D eigenvalue weighted by Gasteiger charge is 2.27. The van der Waals surface area contributed by atoms with Gasteiger partial charge < -0.3 is 4.74 Å². The number of pyridine rings is 1. The Morgan fingerprint density at radius 2 is 1.96 bits per heavy atom. The molecule has 1 aromatic heterocycles. The molecule has 0 spiro atoms. The molecule has 4 rings (SSSR count). The van der Waals surface area contributed by atoms with Crippen molar-refractivity contribution in [3.05, 3.63) is 65.3 Å². The van der Waals surface area contributed by atoms with Crippen LogP contribution >= 0.6 is 11.6 Å². The van der Waals surface area contributed by atoms with E-state index in [1.54, 1.807) is 24.4 Å². The number of sulfonamides is 1. The zero-order valence-corrected chi connectivity index (χ0v) is 14.7. The molecule has 1 aliphatic rings. The number of rotatable bonds is 3. The predicted octanol–water partition coefficient (Wildman–Crippen LogP) is 3.69. The van der Waals surface area contributed by atoms with Gasteiger partial charge in [0, 0.05) is 23.6 Å². The summed E-state index contributed by atoms with van der Waals surface area (Å²) in [5.41, 5.74) is 1.31. The molecule has 0 aliphatic carbocycles. The lowest BCUT2D eigenvalue weighted by atomic mass is 10.0. The minimum atomic E-state index is -3.75. The SMILES string of the molecule is O=S(=O)(NC1CCOc2ccccc21)c1ccc(Cl)c2ncccc12. The van der Waals surface area contributed by atoms with Crippen LogP contribution in [0.2, 0.25) is 5.02 Å². The summed E-state index contributed by atoms with van der Waals surface area (Å²) in [4.78, 5) is 4.36. The van der Waals surface area contributed by atoms with Crippen LogP contribution in [0, 0.1) is 0 Å². The lowest BCUT2D eigenvalue weighted by molar-refractivity contribution is 0.263. The summed E-state index contributed by atoms with van der Waals surface area (Å²) in [5.74, 6) is 0.712. The van der Waals surface area contributed by atoms with Gasteiger partial charge in [-0.2, -0.15) is 0 Å². The van der Waals surface area contributed by atoms with Gasteiger partial charge in [0.25, 0.3) is 0 Å². The molecule has 1 aliphatic heterocycles. The first kappa shape index (κ1) is 16.3. The topological polar surface area (TPSA) is 68.3 Å². The summed E-state index contributed by atoms with van der Waals surface area (Å²) in [6, 6.07) is 13.6. The zero-order chi connectivity index (χ0) is 17.4. The Balaban J connectivity index is 1.76. The van der Waals surface area contributed by atoms with Gasteiger partial charge in [0.2, 0.25) is 10.0 Å². The van der Waals surface area contributed by atoms with Crippen LogP contribution in [0.25, 0.3) is 10.9 Å². The van der Waals surface area contributed by atoms with E-state index in [1.165, 1.54) is 6.07 Å². The Morgan fingerprint density at radius 3 is 2.84 bits per heavy atom. The fraction of sp³-hybridized carbons (Fsp3) is 0.167. The number of aromatic nitrogens is 1. The summed E-state index contributed by atoms with van der Waals surface area (Å²) in [6.07, 6.45) is 2.16. The molecule has 0 bridgehead atoms. The summed E-state index contributed by atoms with van der Waals surface area (Å²) in [7, 11) is -3.75. The quantitative estimate of drug-likeness (QED) is 0.759. The minimum Gasteiger partial charge on any atom is -0.493 e. The summed E-state index contributed by atoms with van der Waals surface area (Å²) in [6.45, 7) is 0.465. The molecule has 0 saturated carbocycles. The molecular formula is C18H15ClN2O3S. The highest BCUT2D eigenvalue weighted by Crippen LogP contribution is 2.34. The van der Waals surface area contributed by atoms with Gasteiger partial charge in [-0.3, -0.25) is 4.98 Å². The first-order valence-electron chi connectivity index (χ1n) is 7.83. The number of halogens is 1. The van der Waals surface area contributed by atoms with Crippen molar-refractivity contribution in [2.24, 2.45) is 0 Å². The van der Waals surface area contributed by atoms with Gasteiger partial charge in [0.15, 0.2) is 0 Å². The average Bonchev–Trinajstić information content (AvgIpc) is 2.62. The highest BCUT2D eigenvalue weighted by molar-refractivity contribution is 7.89. The third-order valence-corrected chi connectivity index (χ3v) is 6.06. The van der Waals surface area contributed by atoms with Crippen LogP contribution in [0.5, 0.6) is 5.75 Å². The molecule has 0 saturated heterocycles. The van der Waals surface area contributed by atoms with Crippen molar-refractivity contribution in [3.63, 3.8) is 0 Å². The van der Waals surface area contributed by atoms with E-state index in [9.17, 15) is 8.42 Å². The Morgan fingerprint density at radius 1 is 1.12 bits per heavy atom. The van der Waals surface area contributed by atoms with Crippen LogP contribution in [0.15, 0.2) is 59.6 Å². The maximum atomic E-state index is 13.0. The number of nitrogens with zero attached hydrogens (tertiary/aromatic N) is 1. The van der Waals surface area contributed by atoms with Crippen molar-refractivity contribution in [1.82, 2.24) is 9.71 Å². The Kier molecular flexibility index (Phi) is 4.11. The predicted molar refractivity (Wildman–Crippen MR) is 96.4 cm³/mol. The second-order valence-corrected chi connectivity index (χ2v) is 7.88. The van der Waals surface area contributed by atoms with E-state index in [0.29, 0.717) is 34.7 Å². The number of benzene rings is 2. The maximum Gasteiger partial charge on any atom is 0.241 e. The molecular weight excluding hydrogens is 360 g/mol. The summed E-state index contributed by atoms with van der Waals surface area (Å²) in [5, 5.41) is 0.925. The first-order chi connectivity index (χ1) is 12.1. The van der Waals surface area contributed by atoms with Gasteiger partial charge in [-0.1, -0.05) is 29.8 Å². The van der Waals surface area contributed by atoms with Gasteiger partial charge in [-0.15, -0.1) is 0 Å². The number of hydrogen-bond donors (Lipinski definition) is 1. The molecule has 128 valence electrons. The largest absolute Gasteiger partial charge is 0.493 e. The molecule has 2 aromatic carbocycles. The van der Waals surface area contributed by atoms with Crippen LogP contribution in [0.4, 0.5) is 0 Å². The van der Waals surface area contributed by atoms with Crippen molar-refractivity contribution < 1.29 is 13.2 Å². The van der Waals surface area contributed by atoms with Crippen molar-refractivity contribution >= 4 is 32.5 Å². The fourth-order valence-corrected chi connectivity index (χ4v) is 4.72. The molecule has 1 N–H and O–H groups in total. The summed E-state index contributed by atoms with van der Waals surface area (Å²) < 4.78 is 34.4. The number of ether oxygens (including phenoxy) is 1. The smallest absolute Gasteiger partial charge is 0.241 e. The fourth-order valence-electron chi connectivity index (χ4n) is 3.06. The molecule has 0 amide bonds. The molecule has 7 heteroatoms. The highest BCUT2D eigenvalue weighted by atomic mass is 35.5.